The van der Waals surface area contributed by atoms with Gasteiger partial charge in [-0.3, -0.25) is 0 Å². The molecule has 0 bridgehead atoms. The molecule has 5 heteroatoms. The van der Waals surface area contributed by atoms with E-state index in [2.05, 4.69) is 47.2 Å². The van der Waals surface area contributed by atoms with Crippen molar-refractivity contribution in [3.05, 3.63) is 18.2 Å². The molecule has 0 aliphatic rings. The molecule has 80 valence electrons. The molecule has 0 saturated heterocycles. The largest absolute Gasteiger partial charge is 0.505 e. The molecule has 0 fully saturated rings. The molecule has 0 amide bonds. The van der Waals surface area contributed by atoms with Crippen LogP contribution in [0.3, 0.4) is 0 Å². The Kier molecular flexibility index (Phi) is 5.36. The highest BCUT2D eigenvalue weighted by atomic mass is 16.6. The molecule has 0 saturated carbocycles. The van der Waals surface area contributed by atoms with Crippen LogP contribution >= 0.6 is 0 Å². The minimum atomic E-state index is -1.25. The van der Waals surface area contributed by atoms with Crippen LogP contribution in [0.5, 0.6) is 0 Å². The second kappa shape index (κ2) is 6.01. The van der Waals surface area contributed by atoms with Crippen LogP contribution in [0.25, 0.3) is 0 Å². The molecule has 1 N–H and O–H groups in total. The van der Waals surface area contributed by atoms with Gasteiger partial charge in [-0.15, -0.1) is 0 Å². The highest BCUT2D eigenvalue weighted by Gasteiger charge is 2.03. The molecule has 0 aliphatic heterocycles. The van der Waals surface area contributed by atoms with Crippen LogP contribution in [0, 0.1) is 6.92 Å². The zero-order valence-electron chi connectivity index (χ0n) is 9.02. The number of rotatable bonds is 1. The first-order valence-corrected chi connectivity index (χ1v) is 4.31. The van der Waals surface area contributed by atoms with E-state index in [1.165, 1.54) is 5.82 Å². The molecule has 5 nitrogen and oxygen atoms in total. The minimum Gasteiger partial charge on any atom is -0.450 e. The molecule has 1 aromatic rings. The third kappa shape index (κ3) is 3.93. The van der Waals surface area contributed by atoms with E-state index in [9.17, 15) is 0 Å². The average Bonchev–Trinajstić information content (AvgIpc) is 2.48. The first-order valence-electron chi connectivity index (χ1n) is 4.31. The summed E-state index contributed by atoms with van der Waals surface area (Å²) in [5.41, 5.74) is 0. The Morgan fingerprint density at radius 3 is 2.36 bits per heavy atom. The fourth-order valence-electron chi connectivity index (χ4n) is 0.933. The monoisotopic (exact) mass is 201 g/mol. The normalized spacial score (nSPS) is 8.86. The molecular weight excluding hydrogens is 184 g/mol. The lowest BCUT2D eigenvalue weighted by Gasteiger charge is -1.90. The van der Waals surface area contributed by atoms with Gasteiger partial charge in [-0.25, -0.2) is 13.9 Å². The number of aromatic nitrogens is 2. The number of carbonyl (C=O) groups is 1. The van der Waals surface area contributed by atoms with E-state index in [1.54, 1.807) is 0 Å². The number of carboxylic acid groups (broad SMARTS) is 1. The van der Waals surface area contributed by atoms with E-state index in [-0.39, 0.29) is 0 Å². The summed E-state index contributed by atoms with van der Waals surface area (Å²) in [6.07, 6.45) is 2.92. The van der Waals surface area contributed by atoms with Crippen molar-refractivity contribution in [2.45, 2.75) is 20.4 Å². The van der Waals surface area contributed by atoms with Gasteiger partial charge in [-0.05, 0) is 6.92 Å². The Morgan fingerprint density at radius 1 is 1.71 bits per heavy atom. The number of aryl methyl sites for hydroxylation is 2. The lowest BCUT2D eigenvalue weighted by Crippen LogP contribution is -2.29. The van der Waals surface area contributed by atoms with Crippen molar-refractivity contribution in [3.8, 4) is 0 Å². The fraction of sp³-hybridized carbons (Fsp3) is 0.556. The molecule has 1 aromatic heterocycles. The van der Waals surface area contributed by atoms with Crippen molar-refractivity contribution < 1.29 is 19.2 Å². The van der Waals surface area contributed by atoms with Gasteiger partial charge in [0.1, 0.15) is 12.4 Å². The quantitative estimate of drug-likeness (QED) is 0.543. The molecule has 0 spiro atoms. The molecule has 14 heavy (non-hydrogen) atoms. The Bertz CT molecular complexity index is 294. The van der Waals surface area contributed by atoms with Gasteiger partial charge in [0.05, 0.1) is 20.7 Å². The molecular formula is C9H17N2O3+. The van der Waals surface area contributed by atoms with Crippen LogP contribution < -0.4 is 4.57 Å². The smallest absolute Gasteiger partial charge is 0.450 e. The van der Waals surface area contributed by atoms with Crippen LogP contribution in [-0.2, 0) is 18.3 Å². The van der Waals surface area contributed by atoms with E-state index < -0.39 is 6.16 Å². The van der Waals surface area contributed by atoms with Crippen LogP contribution in [0.2, 0.25) is 0 Å². The lowest BCUT2D eigenvalue weighted by molar-refractivity contribution is -0.677. The van der Waals surface area contributed by atoms with Crippen LogP contribution in [0.1, 0.15) is 12.7 Å². The number of methoxy groups -OCH3 is 1. The fourth-order valence-corrected chi connectivity index (χ4v) is 0.933. The maximum absolute atomic E-state index is 9.15. The Hall–Kier alpha value is -1.52. The number of nitrogens with zero attached hydrogens (tertiary/aromatic N) is 2. The minimum absolute atomic E-state index is 1.06. The van der Waals surface area contributed by atoms with Gasteiger partial charge in [0.15, 0.2) is 0 Å². The number of hydrogen-bond acceptors (Lipinski definition) is 2. The topological polar surface area (TPSA) is 55.3 Å². The van der Waals surface area contributed by atoms with Gasteiger partial charge in [0, 0.05) is 6.92 Å². The highest BCUT2D eigenvalue weighted by molar-refractivity contribution is 5.56. The van der Waals surface area contributed by atoms with E-state index in [4.69, 9.17) is 9.90 Å². The molecule has 1 heterocycles. The summed E-state index contributed by atoms with van der Waals surface area (Å²) in [4.78, 5) is 9.15. The van der Waals surface area contributed by atoms with E-state index in [1.807, 2.05) is 0 Å². The van der Waals surface area contributed by atoms with Crippen molar-refractivity contribution in [3.63, 3.8) is 0 Å². The second-order valence-corrected chi connectivity index (χ2v) is 2.71. The predicted octanol–water partition coefficient (Wildman–Crippen LogP) is 0.952. The third-order valence-electron chi connectivity index (χ3n) is 1.91. The van der Waals surface area contributed by atoms with E-state index in [0.717, 1.165) is 13.7 Å². The van der Waals surface area contributed by atoms with E-state index in [0.29, 0.717) is 0 Å². The third-order valence-corrected chi connectivity index (χ3v) is 1.91. The molecule has 0 atom stereocenters. The molecule has 0 aliphatic carbocycles. The number of hydrogen-bond donors (Lipinski definition) is 1. The summed E-state index contributed by atoms with van der Waals surface area (Å²) in [6.45, 7) is 5.32. The van der Waals surface area contributed by atoms with Gasteiger partial charge < -0.3 is 9.84 Å². The maximum Gasteiger partial charge on any atom is 0.505 e. The summed E-state index contributed by atoms with van der Waals surface area (Å²) in [5.74, 6) is 1.30. The number of imidazole rings is 1. The summed E-state index contributed by atoms with van der Waals surface area (Å²) in [7, 11) is 3.16. The van der Waals surface area contributed by atoms with Gasteiger partial charge in [-0.1, -0.05) is 0 Å². The van der Waals surface area contributed by atoms with Gasteiger partial charge in [0.25, 0.3) is 5.82 Å². The van der Waals surface area contributed by atoms with Crippen LogP contribution in [0.4, 0.5) is 4.79 Å². The summed E-state index contributed by atoms with van der Waals surface area (Å²) in [6, 6.07) is 0. The summed E-state index contributed by atoms with van der Waals surface area (Å²) < 4.78 is 7.99. The second-order valence-electron chi connectivity index (χ2n) is 2.71. The van der Waals surface area contributed by atoms with E-state index >= 15 is 0 Å². The summed E-state index contributed by atoms with van der Waals surface area (Å²) >= 11 is 0. The Balaban J connectivity index is 0.000000292. The molecule has 0 radical (unpaired) electrons. The first kappa shape index (κ1) is 12.5. The van der Waals surface area contributed by atoms with Crippen molar-refractivity contribution >= 4 is 6.16 Å². The first-order chi connectivity index (χ1) is 6.52. The predicted molar refractivity (Wildman–Crippen MR) is 51.1 cm³/mol. The number of ether oxygens (including phenoxy) is 1. The molecule has 0 unspecified atom stereocenters. The zero-order valence-corrected chi connectivity index (χ0v) is 9.02. The Morgan fingerprint density at radius 2 is 2.21 bits per heavy atom. The molecule has 0 aromatic carbocycles. The van der Waals surface area contributed by atoms with Gasteiger partial charge >= 0.3 is 6.16 Å². The van der Waals surface area contributed by atoms with Crippen molar-refractivity contribution in [1.82, 2.24) is 4.57 Å². The van der Waals surface area contributed by atoms with Crippen LogP contribution in [-0.4, -0.2) is 22.9 Å². The standard InChI is InChI=1S/C7H13N2.C2H4O3/c1-4-9-6-5-8(3)7(9)2;1-5-2(3)4/h5-6H,4H2,1-3H3;1H3,(H,3,4)/q+1;. The highest BCUT2D eigenvalue weighted by Crippen LogP contribution is 1.89. The zero-order chi connectivity index (χ0) is 11.1. The van der Waals surface area contributed by atoms with Crippen LogP contribution in [0.15, 0.2) is 12.4 Å². The lowest BCUT2D eigenvalue weighted by atomic mass is 10.6. The van der Waals surface area contributed by atoms with Crippen molar-refractivity contribution in [1.29, 1.82) is 0 Å². The molecule has 1 rings (SSSR count). The Labute approximate surface area is 83.5 Å². The van der Waals surface area contributed by atoms with Gasteiger partial charge in [0.2, 0.25) is 0 Å². The average molecular weight is 201 g/mol. The SMILES string of the molecule is CCn1cc[n+](C)c1C.COC(=O)O. The maximum atomic E-state index is 9.15. The van der Waals surface area contributed by atoms with Gasteiger partial charge in [-0.2, -0.15) is 0 Å². The van der Waals surface area contributed by atoms with Crippen molar-refractivity contribution in [2.75, 3.05) is 7.11 Å². The summed E-state index contributed by atoms with van der Waals surface area (Å²) in [5, 5.41) is 7.50. The van der Waals surface area contributed by atoms with Crippen molar-refractivity contribution in [2.24, 2.45) is 7.05 Å².